The number of pyridine rings is 1. The van der Waals surface area contributed by atoms with Gasteiger partial charge in [0.05, 0.1) is 29.4 Å². The molecular weight excluding hydrogens is 750 g/mol. The maximum atomic E-state index is 15.1. The van der Waals surface area contributed by atoms with E-state index in [0.717, 1.165) is 30.5 Å². The highest BCUT2D eigenvalue weighted by molar-refractivity contribution is 14.1. The molecule has 1 aromatic heterocycles. The molecule has 0 saturated heterocycles. The molecule has 3 aromatic rings. The third-order valence-electron chi connectivity index (χ3n) is 8.21. The highest BCUT2D eigenvalue weighted by atomic mass is 127. The van der Waals surface area contributed by atoms with Crippen LogP contribution in [0.3, 0.4) is 0 Å². The molecule has 0 bridgehead atoms. The Morgan fingerprint density at radius 3 is 1.84 bits per heavy atom. The second-order valence-electron chi connectivity index (χ2n) is 12.7. The summed E-state index contributed by atoms with van der Waals surface area (Å²) in [5.41, 5.74) is 2.33. The molecule has 0 radical (unpaired) electrons. The molecule has 50 heavy (non-hydrogen) atoms. The standard InChI is InChI=1S/C38H50FIN6O4/c1-4-5-18-32(36(48)43-33(19-12-13-24-45(2)3)38(50)46(40)27-30-20-22-41-23-21-30)42-37(49)34(26-29-16-10-7-11-17-29)44-35(47)31(39)25-28-14-8-6-9-15-28/h6-11,14-17,20-23,31-34H,4-5,12-13,18-19,24-27H2,1-3H3,(H,42,49)(H,43,48)(H,44,47)/t31-,32-,33-,34-/m1/s1. The zero-order valence-electron chi connectivity index (χ0n) is 29.2. The maximum Gasteiger partial charge on any atom is 0.255 e. The topological polar surface area (TPSA) is 124 Å². The van der Waals surface area contributed by atoms with Crippen LogP contribution < -0.4 is 16.0 Å². The van der Waals surface area contributed by atoms with Gasteiger partial charge in [0.25, 0.3) is 11.8 Å². The molecule has 1 heterocycles. The zero-order chi connectivity index (χ0) is 36.3. The van der Waals surface area contributed by atoms with Gasteiger partial charge in [0, 0.05) is 25.2 Å². The minimum Gasteiger partial charge on any atom is -0.343 e. The molecule has 2 aromatic carbocycles. The van der Waals surface area contributed by atoms with Gasteiger partial charge in [-0.25, -0.2) is 4.39 Å². The van der Waals surface area contributed by atoms with Crippen molar-refractivity contribution in [3.05, 3.63) is 102 Å². The fourth-order valence-corrected chi connectivity index (χ4v) is 6.12. The molecule has 0 aliphatic rings. The van der Waals surface area contributed by atoms with Crippen LogP contribution in [-0.4, -0.2) is 81.6 Å². The van der Waals surface area contributed by atoms with Crippen LogP contribution in [0.15, 0.2) is 85.2 Å². The van der Waals surface area contributed by atoms with Crippen LogP contribution in [0.1, 0.15) is 62.1 Å². The summed E-state index contributed by atoms with van der Waals surface area (Å²) in [7, 11) is 3.97. The number of aromatic nitrogens is 1. The zero-order valence-corrected chi connectivity index (χ0v) is 31.4. The molecule has 0 spiro atoms. The van der Waals surface area contributed by atoms with Crippen LogP contribution in [0.4, 0.5) is 4.39 Å². The first-order valence-corrected chi connectivity index (χ1v) is 18.2. The van der Waals surface area contributed by atoms with Crippen LogP contribution in [-0.2, 0) is 38.6 Å². The number of amides is 4. The predicted molar refractivity (Wildman–Crippen MR) is 202 cm³/mol. The number of benzene rings is 2. The number of nitrogens with zero attached hydrogens (tertiary/aromatic N) is 3. The number of hydrogen-bond donors (Lipinski definition) is 3. The monoisotopic (exact) mass is 800 g/mol. The highest BCUT2D eigenvalue weighted by Crippen LogP contribution is 2.15. The van der Waals surface area contributed by atoms with E-state index < -0.39 is 42.0 Å². The van der Waals surface area contributed by atoms with Crippen molar-refractivity contribution >= 4 is 46.5 Å². The highest BCUT2D eigenvalue weighted by Gasteiger charge is 2.32. The van der Waals surface area contributed by atoms with Crippen molar-refractivity contribution in [2.75, 3.05) is 20.6 Å². The third-order valence-corrected chi connectivity index (χ3v) is 9.03. The predicted octanol–water partition coefficient (Wildman–Crippen LogP) is 4.96. The summed E-state index contributed by atoms with van der Waals surface area (Å²) in [5, 5.41) is 8.37. The first kappa shape index (κ1) is 40.5. The van der Waals surface area contributed by atoms with E-state index in [0.29, 0.717) is 37.8 Å². The largest absolute Gasteiger partial charge is 0.343 e. The first-order valence-electron chi connectivity index (χ1n) is 17.2. The third kappa shape index (κ3) is 14.5. The van der Waals surface area contributed by atoms with Gasteiger partial charge in [0.1, 0.15) is 18.1 Å². The Labute approximate surface area is 309 Å². The lowest BCUT2D eigenvalue weighted by atomic mass is 10.0. The smallest absolute Gasteiger partial charge is 0.255 e. The molecule has 0 unspecified atom stereocenters. The Morgan fingerprint density at radius 1 is 0.700 bits per heavy atom. The summed E-state index contributed by atoms with van der Waals surface area (Å²) in [5.74, 6) is -2.24. The maximum absolute atomic E-state index is 15.1. The summed E-state index contributed by atoms with van der Waals surface area (Å²) >= 11 is 1.97. The molecule has 0 aliphatic carbocycles. The Kier molecular flexibility index (Phi) is 17.8. The Hall–Kier alpha value is -3.91. The van der Waals surface area contributed by atoms with E-state index >= 15 is 4.39 Å². The molecule has 10 nitrogen and oxygen atoms in total. The van der Waals surface area contributed by atoms with Crippen molar-refractivity contribution in [2.45, 2.75) is 89.1 Å². The van der Waals surface area contributed by atoms with Gasteiger partial charge in [-0.05, 0) is 75.1 Å². The van der Waals surface area contributed by atoms with Gasteiger partial charge >= 0.3 is 0 Å². The Balaban J connectivity index is 1.77. The average Bonchev–Trinajstić information content (AvgIpc) is 3.11. The molecule has 3 rings (SSSR count). The van der Waals surface area contributed by atoms with E-state index in [1.165, 1.54) is 0 Å². The molecule has 0 fully saturated rings. The van der Waals surface area contributed by atoms with Crippen molar-refractivity contribution in [3.63, 3.8) is 0 Å². The van der Waals surface area contributed by atoms with Gasteiger partial charge in [-0.3, -0.25) is 27.3 Å². The fourth-order valence-electron chi connectivity index (χ4n) is 5.39. The number of carbonyl (C=O) groups excluding carboxylic acids is 4. The van der Waals surface area contributed by atoms with Gasteiger partial charge in [-0.2, -0.15) is 0 Å². The number of nitrogens with one attached hydrogen (secondary N) is 3. The molecule has 270 valence electrons. The molecule has 0 aliphatic heterocycles. The van der Waals surface area contributed by atoms with E-state index in [4.69, 9.17) is 0 Å². The van der Waals surface area contributed by atoms with Crippen molar-refractivity contribution < 1.29 is 23.6 Å². The molecule has 0 saturated carbocycles. The average molecular weight is 801 g/mol. The van der Waals surface area contributed by atoms with Crippen LogP contribution in [0.25, 0.3) is 0 Å². The number of alkyl halides is 1. The van der Waals surface area contributed by atoms with Gasteiger partial charge in [-0.15, -0.1) is 0 Å². The van der Waals surface area contributed by atoms with Crippen LogP contribution >= 0.6 is 22.9 Å². The molecule has 4 amide bonds. The van der Waals surface area contributed by atoms with E-state index in [2.05, 4.69) is 25.8 Å². The Bertz CT molecular complexity index is 1470. The number of hydrogen-bond acceptors (Lipinski definition) is 6. The summed E-state index contributed by atoms with van der Waals surface area (Å²) in [6.07, 6.45) is 5.14. The summed E-state index contributed by atoms with van der Waals surface area (Å²) < 4.78 is 16.7. The van der Waals surface area contributed by atoms with E-state index in [9.17, 15) is 19.2 Å². The van der Waals surface area contributed by atoms with Gasteiger partial charge < -0.3 is 20.9 Å². The van der Waals surface area contributed by atoms with Crippen LogP contribution in [0, 0.1) is 0 Å². The minimum atomic E-state index is -1.87. The van der Waals surface area contributed by atoms with Crippen LogP contribution in [0.5, 0.6) is 0 Å². The van der Waals surface area contributed by atoms with Crippen molar-refractivity contribution in [2.24, 2.45) is 0 Å². The number of carbonyl (C=O) groups is 4. The quantitative estimate of drug-likeness (QED) is 0.0796. The Morgan fingerprint density at radius 2 is 1.24 bits per heavy atom. The van der Waals surface area contributed by atoms with Crippen molar-refractivity contribution in [3.8, 4) is 0 Å². The van der Waals surface area contributed by atoms with Crippen molar-refractivity contribution in [1.82, 2.24) is 28.9 Å². The summed E-state index contributed by atoms with van der Waals surface area (Å²) in [4.78, 5) is 60.5. The lowest BCUT2D eigenvalue weighted by Gasteiger charge is -2.27. The lowest BCUT2D eigenvalue weighted by molar-refractivity contribution is -0.135. The molecular formula is C38H50FIN6O4. The van der Waals surface area contributed by atoms with Crippen molar-refractivity contribution in [1.29, 1.82) is 0 Å². The van der Waals surface area contributed by atoms with Gasteiger partial charge in [0.15, 0.2) is 6.17 Å². The molecule has 4 atom stereocenters. The fraction of sp³-hybridized carbons (Fsp3) is 0.447. The van der Waals surface area contributed by atoms with E-state index in [-0.39, 0.29) is 18.7 Å². The second kappa shape index (κ2) is 22.0. The minimum absolute atomic E-state index is 0.102. The number of unbranched alkanes of at least 4 members (excludes halogenated alkanes) is 2. The number of halogens is 2. The van der Waals surface area contributed by atoms with E-state index in [1.807, 2.05) is 92.4 Å². The lowest BCUT2D eigenvalue weighted by Crippen LogP contribution is -2.57. The summed E-state index contributed by atoms with van der Waals surface area (Å²) in [6.45, 7) is 3.16. The van der Waals surface area contributed by atoms with Crippen LogP contribution in [0.2, 0.25) is 0 Å². The molecule has 3 N–H and O–H groups in total. The van der Waals surface area contributed by atoms with Gasteiger partial charge in [-0.1, -0.05) is 80.4 Å². The number of rotatable bonds is 21. The first-order chi connectivity index (χ1) is 24.1. The molecule has 12 heteroatoms. The van der Waals surface area contributed by atoms with Gasteiger partial charge in [0.2, 0.25) is 11.8 Å². The second-order valence-corrected chi connectivity index (χ2v) is 13.9. The summed E-state index contributed by atoms with van der Waals surface area (Å²) in [6, 6.07) is 18.7. The normalized spacial score (nSPS) is 13.5. The SMILES string of the molecule is CCCC[C@@H](NC(=O)[C@@H](Cc1ccccc1)NC(=O)[C@H](F)Cc1ccccc1)C(=O)N[C@H](CCCCN(C)C)C(=O)N(I)Cc1ccncc1. The van der Waals surface area contributed by atoms with E-state index in [1.54, 1.807) is 39.8 Å².